The van der Waals surface area contributed by atoms with Gasteiger partial charge >= 0.3 is 0 Å². The van der Waals surface area contributed by atoms with Gasteiger partial charge in [-0.25, -0.2) is 4.39 Å². The van der Waals surface area contributed by atoms with E-state index < -0.39 is 0 Å². The summed E-state index contributed by atoms with van der Waals surface area (Å²) >= 11 is 0. The Morgan fingerprint density at radius 2 is 2.11 bits per heavy atom. The summed E-state index contributed by atoms with van der Waals surface area (Å²) in [5.74, 6) is 0.526. The molecule has 0 bridgehead atoms. The van der Waals surface area contributed by atoms with Gasteiger partial charge < -0.3 is 5.11 Å². The van der Waals surface area contributed by atoms with E-state index in [-0.39, 0.29) is 11.6 Å². The fourth-order valence-corrected chi connectivity index (χ4v) is 3.06. The number of hydrogen-bond acceptors (Lipinski definition) is 2. The van der Waals surface area contributed by atoms with Gasteiger partial charge in [-0.05, 0) is 56.0 Å². The van der Waals surface area contributed by atoms with Crippen molar-refractivity contribution in [3.05, 3.63) is 29.6 Å². The molecule has 1 atom stereocenters. The third kappa shape index (κ3) is 4.50. The maximum Gasteiger partial charge on any atom is 0.127 e. The molecule has 1 aliphatic rings. The van der Waals surface area contributed by atoms with Gasteiger partial charge in [0.25, 0.3) is 0 Å². The molecule has 1 saturated heterocycles. The first-order chi connectivity index (χ1) is 9.17. The minimum Gasteiger partial charge on any atom is -0.508 e. The predicted octanol–water partition coefficient (Wildman–Crippen LogP) is 3.93. The van der Waals surface area contributed by atoms with Crippen LogP contribution in [-0.2, 0) is 6.54 Å². The van der Waals surface area contributed by atoms with Crippen molar-refractivity contribution in [1.82, 2.24) is 4.90 Å². The number of aromatic hydroxyl groups is 1. The molecule has 1 unspecified atom stereocenters. The molecule has 0 radical (unpaired) electrons. The van der Waals surface area contributed by atoms with Crippen LogP contribution in [0.2, 0.25) is 0 Å². The van der Waals surface area contributed by atoms with Crippen molar-refractivity contribution in [2.24, 2.45) is 5.92 Å². The number of nitrogens with zero attached hydrogens (tertiary/aromatic N) is 1. The Morgan fingerprint density at radius 3 is 2.84 bits per heavy atom. The van der Waals surface area contributed by atoms with Gasteiger partial charge in [-0.2, -0.15) is 0 Å². The molecule has 1 fully saturated rings. The first kappa shape index (κ1) is 14.3. The van der Waals surface area contributed by atoms with Crippen molar-refractivity contribution >= 4 is 0 Å². The van der Waals surface area contributed by atoms with Crippen LogP contribution in [0.1, 0.15) is 44.6 Å². The van der Waals surface area contributed by atoms with Crippen LogP contribution < -0.4 is 0 Å². The van der Waals surface area contributed by atoms with Gasteiger partial charge in [-0.15, -0.1) is 0 Å². The fraction of sp³-hybridized carbons (Fsp3) is 0.625. The highest BCUT2D eigenvalue weighted by Gasteiger charge is 2.16. The number of phenolic OH excluding ortho intramolecular Hbond substituents is 1. The van der Waals surface area contributed by atoms with Crippen LogP contribution in [-0.4, -0.2) is 23.1 Å². The SMILES string of the molecule is CCCC1CCCN(Cc2cc(O)cc(F)c2)CC1. The van der Waals surface area contributed by atoms with Crippen LogP contribution in [0.25, 0.3) is 0 Å². The monoisotopic (exact) mass is 265 g/mol. The summed E-state index contributed by atoms with van der Waals surface area (Å²) in [6.45, 7) is 5.15. The van der Waals surface area contributed by atoms with Gasteiger partial charge in [0.2, 0.25) is 0 Å². The molecule has 0 saturated carbocycles. The third-order valence-electron chi connectivity index (χ3n) is 3.99. The zero-order chi connectivity index (χ0) is 13.7. The summed E-state index contributed by atoms with van der Waals surface area (Å²) < 4.78 is 13.2. The molecule has 19 heavy (non-hydrogen) atoms. The summed E-state index contributed by atoms with van der Waals surface area (Å²) in [7, 11) is 0. The summed E-state index contributed by atoms with van der Waals surface area (Å²) in [6, 6.07) is 4.34. The van der Waals surface area contributed by atoms with Crippen LogP contribution >= 0.6 is 0 Å². The van der Waals surface area contributed by atoms with Crippen molar-refractivity contribution in [2.45, 2.75) is 45.6 Å². The second-order valence-corrected chi connectivity index (χ2v) is 5.68. The molecule has 1 N–H and O–H groups in total. The summed E-state index contributed by atoms with van der Waals surface area (Å²) in [6.07, 6.45) is 6.39. The molecular formula is C16H24FNO. The molecule has 1 aliphatic heterocycles. The molecule has 0 amide bonds. The molecule has 0 spiro atoms. The van der Waals surface area contributed by atoms with Crippen molar-refractivity contribution < 1.29 is 9.50 Å². The number of rotatable bonds is 4. The van der Waals surface area contributed by atoms with Crippen molar-refractivity contribution in [2.75, 3.05) is 13.1 Å². The molecule has 3 heteroatoms. The molecule has 2 nitrogen and oxygen atoms in total. The van der Waals surface area contributed by atoms with Crippen molar-refractivity contribution in [1.29, 1.82) is 0 Å². The largest absolute Gasteiger partial charge is 0.508 e. The van der Waals surface area contributed by atoms with Crippen molar-refractivity contribution in [3.8, 4) is 5.75 Å². The lowest BCUT2D eigenvalue weighted by Gasteiger charge is -2.20. The third-order valence-corrected chi connectivity index (χ3v) is 3.99. The normalized spacial score (nSPS) is 21.3. The molecule has 2 rings (SSSR count). The van der Waals surface area contributed by atoms with Gasteiger partial charge in [0.15, 0.2) is 0 Å². The summed E-state index contributed by atoms with van der Waals surface area (Å²) in [5, 5.41) is 9.43. The molecule has 1 aromatic rings. The van der Waals surface area contributed by atoms with E-state index in [0.717, 1.165) is 37.2 Å². The predicted molar refractivity (Wildman–Crippen MR) is 75.6 cm³/mol. The van der Waals surface area contributed by atoms with Crippen LogP contribution in [0.3, 0.4) is 0 Å². The Labute approximate surface area is 115 Å². The van der Waals surface area contributed by atoms with E-state index in [0.29, 0.717) is 0 Å². The number of hydrogen-bond donors (Lipinski definition) is 1. The fourth-order valence-electron chi connectivity index (χ4n) is 3.06. The summed E-state index contributed by atoms with van der Waals surface area (Å²) in [5.41, 5.74) is 0.867. The van der Waals surface area contributed by atoms with Gasteiger partial charge in [0.05, 0.1) is 0 Å². The quantitative estimate of drug-likeness (QED) is 0.891. The Balaban J connectivity index is 1.92. The molecule has 106 valence electrons. The van der Waals surface area contributed by atoms with E-state index in [1.54, 1.807) is 6.07 Å². The van der Waals surface area contributed by atoms with E-state index >= 15 is 0 Å². The van der Waals surface area contributed by atoms with Gasteiger partial charge in [-0.1, -0.05) is 19.8 Å². The lowest BCUT2D eigenvalue weighted by Crippen LogP contribution is -2.24. The number of phenols is 1. The first-order valence-corrected chi connectivity index (χ1v) is 7.38. The maximum atomic E-state index is 13.2. The molecular weight excluding hydrogens is 241 g/mol. The molecule has 0 aromatic heterocycles. The van der Waals surface area contributed by atoms with Gasteiger partial charge in [-0.3, -0.25) is 4.90 Å². The molecule has 1 heterocycles. The van der Waals surface area contributed by atoms with E-state index in [9.17, 15) is 9.50 Å². The Morgan fingerprint density at radius 1 is 1.26 bits per heavy atom. The van der Waals surface area contributed by atoms with Gasteiger partial charge in [0, 0.05) is 12.6 Å². The number of benzene rings is 1. The van der Waals surface area contributed by atoms with Crippen LogP contribution in [0.5, 0.6) is 5.75 Å². The Bertz CT molecular complexity index is 387. The Hall–Kier alpha value is -1.09. The second-order valence-electron chi connectivity index (χ2n) is 5.68. The smallest absolute Gasteiger partial charge is 0.127 e. The molecule has 0 aliphatic carbocycles. The zero-order valence-corrected chi connectivity index (χ0v) is 11.7. The maximum absolute atomic E-state index is 13.2. The van der Waals surface area contributed by atoms with Gasteiger partial charge in [0.1, 0.15) is 11.6 Å². The minimum atomic E-state index is -0.353. The summed E-state index contributed by atoms with van der Waals surface area (Å²) in [4.78, 5) is 2.38. The standard InChI is InChI=1S/C16H24FNO/c1-2-4-13-5-3-7-18(8-6-13)12-14-9-15(17)11-16(19)10-14/h9-11,13,19H,2-8,12H2,1H3. The van der Waals surface area contributed by atoms with Crippen LogP contribution in [0.15, 0.2) is 18.2 Å². The topological polar surface area (TPSA) is 23.5 Å². The van der Waals surface area contributed by atoms with Crippen LogP contribution in [0.4, 0.5) is 4.39 Å². The highest BCUT2D eigenvalue weighted by atomic mass is 19.1. The first-order valence-electron chi connectivity index (χ1n) is 7.38. The van der Waals surface area contributed by atoms with E-state index in [1.807, 2.05) is 0 Å². The second kappa shape index (κ2) is 6.90. The number of halogens is 1. The molecule has 1 aromatic carbocycles. The van der Waals surface area contributed by atoms with Crippen molar-refractivity contribution in [3.63, 3.8) is 0 Å². The van der Waals surface area contributed by atoms with E-state index in [1.165, 1.54) is 38.2 Å². The average molecular weight is 265 g/mol. The lowest BCUT2D eigenvalue weighted by molar-refractivity contribution is 0.270. The highest BCUT2D eigenvalue weighted by molar-refractivity contribution is 5.28. The van der Waals surface area contributed by atoms with E-state index in [4.69, 9.17) is 0 Å². The lowest BCUT2D eigenvalue weighted by atomic mass is 9.96. The Kier molecular flexibility index (Phi) is 5.20. The number of likely N-dealkylation sites (tertiary alicyclic amines) is 1. The average Bonchev–Trinajstić information content (AvgIpc) is 2.54. The highest BCUT2D eigenvalue weighted by Crippen LogP contribution is 2.23. The van der Waals surface area contributed by atoms with E-state index in [2.05, 4.69) is 11.8 Å². The zero-order valence-electron chi connectivity index (χ0n) is 11.7. The minimum absolute atomic E-state index is 0.0219. The van der Waals surface area contributed by atoms with Crippen LogP contribution in [0, 0.1) is 11.7 Å².